The lowest BCUT2D eigenvalue weighted by Crippen LogP contribution is -2.27. The Labute approximate surface area is 102 Å². The van der Waals surface area contributed by atoms with E-state index in [1.54, 1.807) is 0 Å². The first-order valence-corrected chi connectivity index (χ1v) is 7.54. The Morgan fingerprint density at radius 1 is 1.25 bits per heavy atom. The molecule has 0 spiro atoms. The Hall–Kier alpha value is -0.340. The molecule has 88 valence electrons. The van der Waals surface area contributed by atoms with Gasteiger partial charge < -0.3 is 5.32 Å². The zero-order valence-corrected chi connectivity index (χ0v) is 10.6. The van der Waals surface area contributed by atoms with Crippen molar-refractivity contribution in [1.29, 1.82) is 0 Å². The van der Waals surface area contributed by atoms with Gasteiger partial charge in [-0.3, -0.25) is 0 Å². The van der Waals surface area contributed by atoms with Crippen LogP contribution in [-0.4, -0.2) is 13.1 Å². The Kier molecular flexibility index (Phi) is 3.30. The zero-order chi connectivity index (χ0) is 10.8. The van der Waals surface area contributed by atoms with E-state index in [0.717, 1.165) is 24.3 Å². The highest BCUT2D eigenvalue weighted by Gasteiger charge is 2.40. The minimum Gasteiger partial charge on any atom is -0.316 e. The smallest absolute Gasteiger partial charge is 0.00578 e. The lowest BCUT2D eigenvalue weighted by atomic mass is 9.98. The molecular formula is C14H21NS. The highest BCUT2D eigenvalue weighted by molar-refractivity contribution is 7.09. The van der Waals surface area contributed by atoms with Crippen molar-refractivity contribution in [3.05, 3.63) is 22.4 Å². The number of thiophene rings is 1. The molecule has 1 heterocycles. The lowest BCUT2D eigenvalue weighted by molar-refractivity contribution is 0.381. The number of rotatable bonds is 7. The molecule has 2 fully saturated rings. The molecule has 1 N–H and O–H groups in total. The van der Waals surface area contributed by atoms with Crippen molar-refractivity contribution >= 4 is 11.3 Å². The van der Waals surface area contributed by atoms with E-state index in [1.807, 2.05) is 11.3 Å². The zero-order valence-electron chi connectivity index (χ0n) is 9.82. The monoisotopic (exact) mass is 235 g/mol. The Morgan fingerprint density at radius 3 is 2.56 bits per heavy atom. The number of hydrogen-bond acceptors (Lipinski definition) is 2. The maximum atomic E-state index is 3.67. The topological polar surface area (TPSA) is 12.0 Å². The number of nitrogens with one attached hydrogen (secondary N) is 1. The van der Waals surface area contributed by atoms with E-state index in [2.05, 4.69) is 22.8 Å². The van der Waals surface area contributed by atoms with Gasteiger partial charge in [0.2, 0.25) is 0 Å². The van der Waals surface area contributed by atoms with Crippen LogP contribution in [0.5, 0.6) is 0 Å². The van der Waals surface area contributed by atoms with Gasteiger partial charge in [0.05, 0.1) is 0 Å². The van der Waals surface area contributed by atoms with Crippen LogP contribution in [0, 0.1) is 17.8 Å². The maximum Gasteiger partial charge on any atom is 0.00578 e. The predicted molar refractivity (Wildman–Crippen MR) is 69.8 cm³/mol. The van der Waals surface area contributed by atoms with Crippen LogP contribution in [0.4, 0.5) is 0 Å². The maximum absolute atomic E-state index is 3.67. The molecule has 0 radical (unpaired) electrons. The Morgan fingerprint density at radius 2 is 2.00 bits per heavy atom. The summed E-state index contributed by atoms with van der Waals surface area (Å²) in [6.45, 7) is 2.44. The minimum absolute atomic E-state index is 1.02. The Balaban J connectivity index is 1.35. The quantitative estimate of drug-likeness (QED) is 0.715. The van der Waals surface area contributed by atoms with Crippen molar-refractivity contribution in [1.82, 2.24) is 5.32 Å². The first kappa shape index (κ1) is 10.8. The molecule has 2 saturated carbocycles. The predicted octanol–water partition coefficient (Wildman–Crippen LogP) is 3.32. The van der Waals surface area contributed by atoms with Gasteiger partial charge in [-0.05, 0) is 74.4 Å². The van der Waals surface area contributed by atoms with Crippen LogP contribution in [0.25, 0.3) is 0 Å². The summed E-state index contributed by atoms with van der Waals surface area (Å²) >= 11 is 1.88. The fourth-order valence-corrected chi connectivity index (χ4v) is 3.41. The van der Waals surface area contributed by atoms with E-state index >= 15 is 0 Å². The van der Waals surface area contributed by atoms with E-state index < -0.39 is 0 Å². The van der Waals surface area contributed by atoms with E-state index in [0.29, 0.717) is 0 Å². The van der Waals surface area contributed by atoms with Gasteiger partial charge in [0, 0.05) is 4.88 Å². The Bertz CT molecular complexity index is 299. The average molecular weight is 235 g/mol. The molecular weight excluding hydrogens is 214 g/mol. The third-order valence-electron chi connectivity index (χ3n) is 3.96. The molecule has 1 aromatic rings. The van der Waals surface area contributed by atoms with Gasteiger partial charge in [-0.25, -0.2) is 0 Å². The van der Waals surface area contributed by atoms with Crippen LogP contribution in [-0.2, 0) is 6.42 Å². The van der Waals surface area contributed by atoms with Crippen molar-refractivity contribution < 1.29 is 0 Å². The van der Waals surface area contributed by atoms with Crippen LogP contribution in [0.1, 0.15) is 30.6 Å². The average Bonchev–Trinajstić information content (AvgIpc) is 3.20. The van der Waals surface area contributed by atoms with Crippen molar-refractivity contribution in [3.8, 4) is 0 Å². The first-order chi connectivity index (χ1) is 7.93. The molecule has 2 aliphatic rings. The summed E-state index contributed by atoms with van der Waals surface area (Å²) in [7, 11) is 0. The summed E-state index contributed by atoms with van der Waals surface area (Å²) in [5, 5.41) is 5.85. The van der Waals surface area contributed by atoms with Crippen LogP contribution in [0.15, 0.2) is 17.5 Å². The first-order valence-electron chi connectivity index (χ1n) is 6.66. The summed E-state index contributed by atoms with van der Waals surface area (Å²) in [6, 6.07) is 4.39. The minimum atomic E-state index is 1.02. The second-order valence-electron chi connectivity index (χ2n) is 5.37. The molecule has 3 rings (SSSR count). The molecule has 0 amide bonds. The highest BCUT2D eigenvalue weighted by atomic mass is 32.1. The molecule has 0 bridgehead atoms. The highest BCUT2D eigenvalue weighted by Crippen LogP contribution is 2.48. The lowest BCUT2D eigenvalue weighted by Gasteiger charge is -2.15. The molecule has 0 aliphatic heterocycles. The van der Waals surface area contributed by atoms with Gasteiger partial charge in [0.25, 0.3) is 0 Å². The van der Waals surface area contributed by atoms with Gasteiger partial charge in [-0.15, -0.1) is 11.3 Å². The van der Waals surface area contributed by atoms with Gasteiger partial charge >= 0.3 is 0 Å². The summed E-state index contributed by atoms with van der Waals surface area (Å²) in [5.74, 6) is 3.19. The van der Waals surface area contributed by atoms with Crippen molar-refractivity contribution in [2.24, 2.45) is 17.8 Å². The van der Waals surface area contributed by atoms with E-state index in [9.17, 15) is 0 Å². The molecule has 16 heavy (non-hydrogen) atoms. The van der Waals surface area contributed by atoms with E-state index in [-0.39, 0.29) is 0 Å². The molecule has 0 saturated heterocycles. The number of hydrogen-bond donors (Lipinski definition) is 1. The fourth-order valence-electron chi connectivity index (χ4n) is 2.70. The normalized spacial score (nSPS) is 20.6. The van der Waals surface area contributed by atoms with Crippen molar-refractivity contribution in [2.75, 3.05) is 13.1 Å². The van der Waals surface area contributed by atoms with Crippen LogP contribution in [0.2, 0.25) is 0 Å². The van der Waals surface area contributed by atoms with Crippen molar-refractivity contribution in [2.45, 2.75) is 32.1 Å². The van der Waals surface area contributed by atoms with E-state index in [1.165, 1.54) is 43.5 Å². The van der Waals surface area contributed by atoms with Crippen LogP contribution in [0.3, 0.4) is 0 Å². The van der Waals surface area contributed by atoms with Crippen molar-refractivity contribution in [3.63, 3.8) is 0 Å². The molecule has 2 aliphatic carbocycles. The van der Waals surface area contributed by atoms with Gasteiger partial charge in [-0.1, -0.05) is 6.07 Å². The van der Waals surface area contributed by atoms with Crippen LogP contribution >= 0.6 is 11.3 Å². The molecule has 0 atom stereocenters. The second kappa shape index (κ2) is 4.89. The standard InChI is InChI=1S/C14H21NS/c1-2-13(16-9-1)7-8-15-10-14(11-3-4-11)12-5-6-12/h1-2,9,11-12,14-15H,3-8,10H2. The molecule has 1 aromatic heterocycles. The molecule has 1 nitrogen and oxygen atoms in total. The third kappa shape index (κ3) is 2.86. The summed E-state index contributed by atoms with van der Waals surface area (Å²) < 4.78 is 0. The van der Waals surface area contributed by atoms with Crippen LogP contribution < -0.4 is 5.32 Å². The molecule has 0 aromatic carbocycles. The fraction of sp³-hybridized carbons (Fsp3) is 0.714. The molecule has 0 unspecified atom stereocenters. The van der Waals surface area contributed by atoms with Gasteiger partial charge in [0.15, 0.2) is 0 Å². The van der Waals surface area contributed by atoms with Gasteiger partial charge in [0.1, 0.15) is 0 Å². The SMILES string of the molecule is c1csc(CCNCC(C2CC2)C2CC2)c1. The van der Waals surface area contributed by atoms with Gasteiger partial charge in [-0.2, -0.15) is 0 Å². The second-order valence-corrected chi connectivity index (χ2v) is 6.40. The molecule has 2 heteroatoms. The van der Waals surface area contributed by atoms with E-state index in [4.69, 9.17) is 0 Å². The third-order valence-corrected chi connectivity index (χ3v) is 4.90. The summed E-state index contributed by atoms with van der Waals surface area (Å²) in [6.07, 6.45) is 7.24. The summed E-state index contributed by atoms with van der Waals surface area (Å²) in [5.41, 5.74) is 0. The largest absolute Gasteiger partial charge is 0.316 e. The summed E-state index contributed by atoms with van der Waals surface area (Å²) in [4.78, 5) is 1.52.